The first-order chi connectivity index (χ1) is 22.3. The van der Waals surface area contributed by atoms with E-state index in [1.54, 1.807) is 11.8 Å². The number of likely N-dealkylation sites (N-methyl/N-ethyl adjacent to an activating group) is 1. The standard InChI is InChI=1S/C33H43F3N6O5/c1-4-27(43)37-26(31(46)42-16-14-40(2)15-17-42)19-21-10-12-25(24(34)18-21)38-30(45)29(22-8-6-5-7-9-22)39-32(47)33(35,36)23-11-13-28(44)41(3)20-23/h10-13,18,20,22,26,29H,4-9,14-17,19H2,1-3H3,(H,37,43)(H,38,45)(H,39,47)/t26-,29+/m1/s1. The minimum Gasteiger partial charge on any atom is -0.344 e. The SMILES string of the molecule is CCC(=O)N[C@H](Cc1ccc(NC(=O)[C@@H](NC(=O)C(F)(F)c2ccc(=O)n(C)c2)C2CCCCC2)c(F)c1)C(=O)N1CCN(C)CC1. The van der Waals surface area contributed by atoms with Gasteiger partial charge in [0, 0.05) is 63.9 Å². The molecule has 1 aliphatic heterocycles. The van der Waals surface area contributed by atoms with Crippen LogP contribution >= 0.6 is 0 Å². The molecule has 3 N–H and O–H groups in total. The van der Waals surface area contributed by atoms with Crippen LogP contribution < -0.4 is 21.5 Å². The number of alkyl halides is 2. The van der Waals surface area contributed by atoms with Gasteiger partial charge in [-0.3, -0.25) is 24.0 Å². The zero-order valence-electron chi connectivity index (χ0n) is 27.0. The topological polar surface area (TPSA) is 133 Å². The van der Waals surface area contributed by atoms with Gasteiger partial charge in [0.2, 0.25) is 23.3 Å². The van der Waals surface area contributed by atoms with E-state index in [4.69, 9.17) is 0 Å². The van der Waals surface area contributed by atoms with Gasteiger partial charge in [0.25, 0.3) is 5.91 Å². The maximum atomic E-state index is 15.4. The fourth-order valence-electron chi connectivity index (χ4n) is 5.98. The summed E-state index contributed by atoms with van der Waals surface area (Å²) in [5, 5.41) is 7.40. The number of pyridine rings is 1. The van der Waals surface area contributed by atoms with Crippen LogP contribution in [-0.2, 0) is 38.6 Å². The number of rotatable bonds is 11. The summed E-state index contributed by atoms with van der Waals surface area (Å²) in [6.07, 6.45) is 4.46. The number of hydrogen-bond acceptors (Lipinski definition) is 6. The van der Waals surface area contributed by atoms with Crippen molar-refractivity contribution in [3.8, 4) is 0 Å². The highest BCUT2D eigenvalue weighted by atomic mass is 19.3. The Labute approximate surface area is 271 Å². The van der Waals surface area contributed by atoms with E-state index in [0.717, 1.165) is 48.2 Å². The number of aromatic nitrogens is 1. The number of nitrogens with zero attached hydrogens (tertiary/aromatic N) is 3. The van der Waals surface area contributed by atoms with Crippen molar-refractivity contribution < 1.29 is 32.3 Å². The normalized spacial score (nSPS) is 17.4. The molecule has 47 heavy (non-hydrogen) atoms. The van der Waals surface area contributed by atoms with Gasteiger partial charge in [0.05, 0.1) is 5.69 Å². The molecule has 1 saturated carbocycles. The summed E-state index contributed by atoms with van der Waals surface area (Å²) in [6.45, 7) is 4.05. The van der Waals surface area contributed by atoms with E-state index in [1.165, 1.54) is 19.2 Å². The van der Waals surface area contributed by atoms with Crippen LogP contribution in [0.5, 0.6) is 0 Å². The smallest absolute Gasteiger partial charge is 0.344 e. The van der Waals surface area contributed by atoms with E-state index < -0.39 is 52.7 Å². The van der Waals surface area contributed by atoms with Crippen LogP contribution in [0.4, 0.5) is 18.9 Å². The second kappa shape index (κ2) is 15.6. The molecule has 0 bridgehead atoms. The molecular weight excluding hydrogens is 617 g/mol. The molecule has 2 heterocycles. The Balaban J connectivity index is 1.50. The largest absolute Gasteiger partial charge is 0.351 e. The molecule has 1 aliphatic carbocycles. The molecule has 1 aromatic carbocycles. The molecule has 2 aromatic rings. The van der Waals surface area contributed by atoms with E-state index in [9.17, 15) is 24.0 Å². The average Bonchev–Trinajstić information content (AvgIpc) is 3.05. The molecule has 256 valence electrons. The van der Waals surface area contributed by atoms with Gasteiger partial charge in [0.1, 0.15) is 17.9 Å². The van der Waals surface area contributed by atoms with Crippen molar-refractivity contribution in [1.29, 1.82) is 0 Å². The number of benzene rings is 1. The predicted octanol–water partition coefficient (Wildman–Crippen LogP) is 2.53. The van der Waals surface area contributed by atoms with Crippen LogP contribution in [0.15, 0.2) is 41.3 Å². The van der Waals surface area contributed by atoms with Crippen molar-refractivity contribution in [3.63, 3.8) is 0 Å². The highest BCUT2D eigenvalue weighted by Gasteiger charge is 2.44. The molecule has 4 amide bonds. The van der Waals surface area contributed by atoms with Gasteiger partial charge in [0.15, 0.2) is 0 Å². The summed E-state index contributed by atoms with van der Waals surface area (Å²) < 4.78 is 46.8. The number of amides is 4. The number of anilines is 1. The summed E-state index contributed by atoms with van der Waals surface area (Å²) >= 11 is 0. The fraction of sp³-hybridized carbons (Fsp3) is 0.545. The second-order valence-electron chi connectivity index (χ2n) is 12.4. The van der Waals surface area contributed by atoms with Gasteiger partial charge >= 0.3 is 5.92 Å². The van der Waals surface area contributed by atoms with Crippen molar-refractivity contribution >= 4 is 29.3 Å². The average molecular weight is 661 g/mol. The Morgan fingerprint density at radius 1 is 0.957 bits per heavy atom. The van der Waals surface area contributed by atoms with Crippen molar-refractivity contribution in [3.05, 3.63) is 63.8 Å². The minimum atomic E-state index is -4.04. The summed E-state index contributed by atoms with van der Waals surface area (Å²) in [5.74, 6) is -8.45. The zero-order valence-corrected chi connectivity index (χ0v) is 27.0. The van der Waals surface area contributed by atoms with Gasteiger partial charge in [-0.25, -0.2) is 4.39 Å². The maximum Gasteiger partial charge on any atom is 0.351 e. The molecule has 11 nitrogen and oxygen atoms in total. The quantitative estimate of drug-likeness (QED) is 0.340. The number of halogens is 3. The molecule has 0 spiro atoms. The highest BCUT2D eigenvalue weighted by Crippen LogP contribution is 2.31. The van der Waals surface area contributed by atoms with Crippen LogP contribution in [0, 0.1) is 11.7 Å². The number of nitrogens with one attached hydrogen (secondary N) is 3. The summed E-state index contributed by atoms with van der Waals surface area (Å²) in [5.41, 5.74) is -1.06. The van der Waals surface area contributed by atoms with Crippen molar-refractivity contribution in [2.75, 3.05) is 38.5 Å². The lowest BCUT2D eigenvalue weighted by Crippen LogP contribution is -2.54. The molecular formula is C33H43F3N6O5. The lowest BCUT2D eigenvalue weighted by atomic mass is 9.83. The third kappa shape index (κ3) is 8.99. The predicted molar refractivity (Wildman–Crippen MR) is 169 cm³/mol. The summed E-state index contributed by atoms with van der Waals surface area (Å²) in [4.78, 5) is 67.4. The second-order valence-corrected chi connectivity index (χ2v) is 12.4. The molecule has 2 atom stereocenters. The third-order valence-electron chi connectivity index (χ3n) is 8.92. The van der Waals surface area contributed by atoms with Crippen molar-refractivity contribution in [2.45, 2.75) is 69.9 Å². The molecule has 4 rings (SSSR count). The number of carbonyl (C=O) groups excluding carboxylic acids is 4. The molecule has 1 saturated heterocycles. The van der Waals surface area contributed by atoms with E-state index in [1.807, 2.05) is 7.05 Å². The fourth-order valence-corrected chi connectivity index (χ4v) is 5.98. The first kappa shape index (κ1) is 35.7. The first-order valence-corrected chi connectivity index (χ1v) is 16.0. The molecule has 1 aromatic heterocycles. The Hall–Kier alpha value is -4.20. The van der Waals surface area contributed by atoms with E-state index in [-0.39, 0.29) is 30.3 Å². The van der Waals surface area contributed by atoms with Crippen LogP contribution in [-0.4, -0.2) is 83.3 Å². The molecule has 0 unspecified atom stereocenters. The zero-order chi connectivity index (χ0) is 34.3. The number of hydrogen-bond donors (Lipinski definition) is 3. The first-order valence-electron chi connectivity index (χ1n) is 16.0. The van der Waals surface area contributed by atoms with Gasteiger partial charge in [-0.1, -0.05) is 32.3 Å². The minimum absolute atomic E-state index is 0.0168. The van der Waals surface area contributed by atoms with Crippen LogP contribution in [0.2, 0.25) is 0 Å². The van der Waals surface area contributed by atoms with Crippen molar-refractivity contribution in [2.24, 2.45) is 13.0 Å². The van der Waals surface area contributed by atoms with Gasteiger partial charge < -0.3 is 30.3 Å². The van der Waals surface area contributed by atoms with E-state index in [0.29, 0.717) is 44.6 Å². The number of carbonyl (C=O) groups is 4. The van der Waals surface area contributed by atoms with Gasteiger partial charge in [-0.15, -0.1) is 0 Å². The summed E-state index contributed by atoms with van der Waals surface area (Å²) in [7, 11) is 3.24. The van der Waals surface area contributed by atoms with Crippen molar-refractivity contribution in [1.82, 2.24) is 25.0 Å². The van der Waals surface area contributed by atoms with E-state index in [2.05, 4.69) is 20.9 Å². The highest BCUT2D eigenvalue weighted by molar-refractivity contribution is 5.98. The van der Waals surface area contributed by atoms with E-state index >= 15 is 13.2 Å². The molecule has 0 radical (unpaired) electrons. The van der Waals surface area contributed by atoms with Gasteiger partial charge in [-0.2, -0.15) is 8.78 Å². The number of aryl methyl sites for hydroxylation is 1. The Morgan fingerprint density at radius 2 is 1.64 bits per heavy atom. The molecule has 2 fully saturated rings. The van der Waals surface area contributed by atoms with Crippen LogP contribution in [0.25, 0.3) is 0 Å². The number of piperazine rings is 1. The summed E-state index contributed by atoms with van der Waals surface area (Å²) in [6, 6.07) is 3.49. The Morgan fingerprint density at radius 3 is 2.26 bits per heavy atom. The van der Waals surface area contributed by atoms with Crippen LogP contribution in [0.1, 0.15) is 56.6 Å². The monoisotopic (exact) mass is 660 g/mol. The Bertz CT molecular complexity index is 1520. The Kier molecular flexibility index (Phi) is 11.8. The third-order valence-corrected chi connectivity index (χ3v) is 8.92. The van der Waals surface area contributed by atoms with Gasteiger partial charge in [-0.05, 0) is 49.6 Å². The molecule has 14 heteroatoms. The maximum absolute atomic E-state index is 15.4. The lowest BCUT2D eigenvalue weighted by Gasteiger charge is -2.34. The lowest BCUT2D eigenvalue weighted by molar-refractivity contribution is -0.149. The molecule has 2 aliphatic rings. The van der Waals surface area contributed by atoms with Crippen LogP contribution in [0.3, 0.4) is 0 Å².